The molecule has 1 N–H and O–H groups in total. The molecule has 4 rings (SSSR count). The summed E-state index contributed by atoms with van der Waals surface area (Å²) < 4.78 is 3.73. The summed E-state index contributed by atoms with van der Waals surface area (Å²) in [7, 11) is 1.88. The molecule has 1 amide bonds. The van der Waals surface area contributed by atoms with E-state index in [9.17, 15) is 4.79 Å². The summed E-state index contributed by atoms with van der Waals surface area (Å²) in [4.78, 5) is 13.1. The van der Waals surface area contributed by atoms with E-state index < -0.39 is 0 Å². The van der Waals surface area contributed by atoms with Crippen LogP contribution in [-0.4, -0.2) is 20.3 Å². The van der Waals surface area contributed by atoms with Crippen LogP contribution in [0.2, 0.25) is 5.15 Å². The van der Waals surface area contributed by atoms with Crippen LogP contribution in [0.3, 0.4) is 0 Å². The maximum absolute atomic E-state index is 13.1. The Balaban J connectivity index is 1.53. The van der Waals surface area contributed by atoms with Gasteiger partial charge in [0, 0.05) is 26.0 Å². The first-order chi connectivity index (χ1) is 13.9. The van der Waals surface area contributed by atoms with Crippen molar-refractivity contribution >= 4 is 17.5 Å². The summed E-state index contributed by atoms with van der Waals surface area (Å²) in [5.41, 5.74) is 5.40. The molecule has 0 aliphatic heterocycles. The lowest BCUT2D eigenvalue weighted by Crippen LogP contribution is -2.28. The van der Waals surface area contributed by atoms with E-state index >= 15 is 0 Å². The van der Waals surface area contributed by atoms with Crippen LogP contribution in [0.1, 0.15) is 53.0 Å². The lowest BCUT2D eigenvalue weighted by atomic mass is 9.75. The molecule has 0 saturated heterocycles. The molecule has 5 nitrogen and oxygen atoms in total. The molecule has 0 fully saturated rings. The van der Waals surface area contributed by atoms with Gasteiger partial charge in [0.2, 0.25) is 0 Å². The van der Waals surface area contributed by atoms with Gasteiger partial charge in [-0.15, -0.1) is 0 Å². The topological polar surface area (TPSA) is 51.9 Å². The quantitative estimate of drug-likeness (QED) is 0.679. The van der Waals surface area contributed by atoms with Gasteiger partial charge in [-0.3, -0.25) is 9.48 Å². The number of fused-ring (bicyclic) bond motifs is 1. The summed E-state index contributed by atoms with van der Waals surface area (Å²) in [6.45, 7) is 5.67. The maximum Gasteiger partial charge on any atom is 0.268 e. The molecule has 152 valence electrons. The van der Waals surface area contributed by atoms with Gasteiger partial charge in [0.1, 0.15) is 10.8 Å². The maximum atomic E-state index is 13.1. The Morgan fingerprint density at radius 1 is 1.21 bits per heavy atom. The number of amides is 1. The average molecular weight is 411 g/mol. The predicted molar refractivity (Wildman–Crippen MR) is 115 cm³/mol. The number of hydrogen-bond acceptors (Lipinski definition) is 2. The standard InChI is InChI=1S/C23H27ClN4O/c1-23(2)10-9-18-19(13-23)21(24)27(3)20(18)22(29)25-14-16-7-4-5-8-17(16)15-28-12-6-11-26-28/h4-8,11-12H,9-10,13-15H2,1-3H3,(H,25,29). The lowest BCUT2D eigenvalue weighted by Gasteiger charge is -2.29. The van der Waals surface area contributed by atoms with Crippen LogP contribution >= 0.6 is 11.6 Å². The van der Waals surface area contributed by atoms with Crippen molar-refractivity contribution in [3.8, 4) is 0 Å². The van der Waals surface area contributed by atoms with Crippen LogP contribution in [0, 0.1) is 5.41 Å². The number of carbonyl (C=O) groups excluding carboxylic acids is 1. The van der Waals surface area contributed by atoms with Crippen LogP contribution in [0.25, 0.3) is 0 Å². The molecular weight excluding hydrogens is 384 g/mol. The fourth-order valence-electron chi connectivity index (χ4n) is 4.25. The third-order valence-electron chi connectivity index (χ3n) is 5.90. The van der Waals surface area contributed by atoms with Gasteiger partial charge in [-0.1, -0.05) is 49.7 Å². The van der Waals surface area contributed by atoms with E-state index in [0.717, 1.165) is 41.5 Å². The van der Waals surface area contributed by atoms with E-state index in [1.807, 2.05) is 40.7 Å². The van der Waals surface area contributed by atoms with Crippen LogP contribution in [-0.2, 0) is 33.0 Å². The van der Waals surface area contributed by atoms with Gasteiger partial charge in [-0.2, -0.15) is 5.10 Å². The Labute approximate surface area is 176 Å². The zero-order chi connectivity index (χ0) is 20.6. The van der Waals surface area contributed by atoms with Crippen molar-refractivity contribution in [2.45, 2.75) is 46.2 Å². The van der Waals surface area contributed by atoms with Crippen molar-refractivity contribution in [3.05, 3.63) is 75.8 Å². The number of carbonyl (C=O) groups is 1. The molecule has 1 aromatic carbocycles. The van der Waals surface area contributed by atoms with Gasteiger partial charge in [-0.05, 0) is 53.0 Å². The van der Waals surface area contributed by atoms with Gasteiger partial charge in [0.25, 0.3) is 5.91 Å². The molecule has 6 heteroatoms. The number of nitrogens with zero attached hydrogens (tertiary/aromatic N) is 3. The number of hydrogen-bond donors (Lipinski definition) is 1. The molecule has 0 unspecified atom stereocenters. The van der Waals surface area contributed by atoms with Crippen molar-refractivity contribution in [1.29, 1.82) is 0 Å². The first kappa shape index (κ1) is 19.8. The van der Waals surface area contributed by atoms with Crippen molar-refractivity contribution in [2.75, 3.05) is 0 Å². The fraction of sp³-hybridized carbons (Fsp3) is 0.391. The first-order valence-corrected chi connectivity index (χ1v) is 10.4. The van der Waals surface area contributed by atoms with Crippen molar-refractivity contribution < 1.29 is 4.79 Å². The second-order valence-electron chi connectivity index (χ2n) is 8.65. The molecule has 0 saturated carbocycles. The van der Waals surface area contributed by atoms with E-state index in [4.69, 9.17) is 11.6 Å². The van der Waals surface area contributed by atoms with E-state index in [2.05, 4.69) is 36.4 Å². The SMILES string of the molecule is Cn1c(Cl)c2c(c1C(=O)NCc1ccccc1Cn1cccn1)CCC(C)(C)C2. The van der Waals surface area contributed by atoms with Crippen molar-refractivity contribution in [3.63, 3.8) is 0 Å². The van der Waals surface area contributed by atoms with Gasteiger partial charge >= 0.3 is 0 Å². The molecule has 2 heterocycles. The molecule has 2 aromatic heterocycles. The number of aromatic nitrogens is 3. The highest BCUT2D eigenvalue weighted by Crippen LogP contribution is 2.40. The van der Waals surface area contributed by atoms with Crippen LogP contribution in [0.4, 0.5) is 0 Å². The normalized spacial score (nSPS) is 15.2. The Morgan fingerprint density at radius 2 is 1.97 bits per heavy atom. The molecule has 0 atom stereocenters. The fourth-order valence-corrected chi connectivity index (χ4v) is 4.52. The Kier molecular flexibility index (Phi) is 5.26. The highest BCUT2D eigenvalue weighted by atomic mass is 35.5. The zero-order valence-electron chi connectivity index (χ0n) is 17.2. The molecule has 29 heavy (non-hydrogen) atoms. The van der Waals surface area contributed by atoms with Crippen LogP contribution in [0.15, 0.2) is 42.7 Å². The van der Waals surface area contributed by atoms with Gasteiger partial charge < -0.3 is 9.88 Å². The highest BCUT2D eigenvalue weighted by Gasteiger charge is 2.33. The lowest BCUT2D eigenvalue weighted by molar-refractivity contribution is 0.0941. The van der Waals surface area contributed by atoms with E-state index in [1.54, 1.807) is 6.20 Å². The molecular formula is C23H27ClN4O. The van der Waals surface area contributed by atoms with Crippen molar-refractivity contribution in [1.82, 2.24) is 19.7 Å². The average Bonchev–Trinajstić information content (AvgIpc) is 3.28. The zero-order valence-corrected chi connectivity index (χ0v) is 18.0. The van der Waals surface area contributed by atoms with E-state index in [-0.39, 0.29) is 11.3 Å². The van der Waals surface area contributed by atoms with Crippen LogP contribution in [0.5, 0.6) is 0 Å². The minimum atomic E-state index is -0.0655. The van der Waals surface area contributed by atoms with Gasteiger partial charge in [0.15, 0.2) is 0 Å². The summed E-state index contributed by atoms with van der Waals surface area (Å²) in [5.74, 6) is -0.0655. The third-order valence-corrected chi connectivity index (χ3v) is 6.38. The van der Waals surface area contributed by atoms with E-state index in [1.165, 1.54) is 0 Å². The summed E-state index contributed by atoms with van der Waals surface area (Å²) in [5, 5.41) is 8.08. The molecule has 0 spiro atoms. The Hall–Kier alpha value is -2.53. The molecule has 0 radical (unpaired) electrons. The Bertz CT molecular complexity index is 1030. The third kappa shape index (κ3) is 3.97. The van der Waals surface area contributed by atoms with Crippen molar-refractivity contribution in [2.24, 2.45) is 12.5 Å². The number of nitrogens with one attached hydrogen (secondary N) is 1. The second-order valence-corrected chi connectivity index (χ2v) is 9.01. The molecule has 3 aromatic rings. The summed E-state index contributed by atoms with van der Waals surface area (Å²) >= 11 is 6.60. The first-order valence-electron chi connectivity index (χ1n) is 10.0. The number of halogens is 1. The smallest absolute Gasteiger partial charge is 0.268 e. The Morgan fingerprint density at radius 3 is 2.69 bits per heavy atom. The molecule has 1 aliphatic carbocycles. The summed E-state index contributed by atoms with van der Waals surface area (Å²) in [6.07, 6.45) is 6.58. The van der Waals surface area contributed by atoms with Crippen LogP contribution < -0.4 is 5.32 Å². The minimum Gasteiger partial charge on any atom is -0.347 e. The number of rotatable bonds is 5. The largest absolute Gasteiger partial charge is 0.347 e. The molecule has 0 bridgehead atoms. The second kappa shape index (κ2) is 7.71. The minimum absolute atomic E-state index is 0.0655. The van der Waals surface area contributed by atoms with Gasteiger partial charge in [-0.25, -0.2) is 0 Å². The summed E-state index contributed by atoms with van der Waals surface area (Å²) in [6, 6.07) is 10.0. The highest BCUT2D eigenvalue weighted by molar-refractivity contribution is 6.31. The predicted octanol–water partition coefficient (Wildman–Crippen LogP) is 4.37. The monoisotopic (exact) mass is 410 g/mol. The molecule has 1 aliphatic rings. The van der Waals surface area contributed by atoms with Gasteiger partial charge in [0.05, 0.1) is 6.54 Å². The van der Waals surface area contributed by atoms with E-state index in [0.29, 0.717) is 23.9 Å². The number of benzene rings is 1.